The molecule has 1 heterocycles. The molecule has 2 aromatic carbocycles. The molecule has 0 amide bonds. The molecule has 0 saturated carbocycles. The van der Waals surface area contributed by atoms with Gasteiger partial charge < -0.3 is 5.11 Å². The molecule has 0 aliphatic carbocycles. The number of hydrogen-bond acceptors (Lipinski definition) is 2. The van der Waals surface area contributed by atoms with Gasteiger partial charge in [-0.3, -0.25) is 0 Å². The van der Waals surface area contributed by atoms with Crippen LogP contribution in [0.5, 0.6) is 5.75 Å². The van der Waals surface area contributed by atoms with Gasteiger partial charge in [0.1, 0.15) is 5.75 Å². The number of hydrogen-bond donors (Lipinski definition) is 1. The van der Waals surface area contributed by atoms with Gasteiger partial charge in [0.05, 0.1) is 0 Å². The van der Waals surface area contributed by atoms with Crippen LogP contribution in [0.2, 0.25) is 0 Å². The van der Waals surface area contributed by atoms with Crippen molar-refractivity contribution in [2.75, 3.05) is 0 Å². The van der Waals surface area contributed by atoms with Crippen molar-refractivity contribution in [1.29, 1.82) is 0 Å². The molecule has 2 heteroatoms. The normalized spacial score (nSPS) is 11.1. The first kappa shape index (κ1) is 7.83. The molecule has 0 spiro atoms. The van der Waals surface area contributed by atoms with E-state index in [1.165, 1.54) is 10.8 Å². The lowest BCUT2D eigenvalue weighted by Gasteiger charge is -1.97. The molecular weight excluding hydrogens is 192 g/mol. The van der Waals surface area contributed by atoms with Crippen LogP contribution in [0.15, 0.2) is 41.8 Å². The Bertz CT molecular complexity index is 610. The Morgan fingerprint density at radius 2 is 1.71 bits per heavy atom. The number of rotatable bonds is 0. The zero-order chi connectivity index (χ0) is 9.54. The van der Waals surface area contributed by atoms with Crippen molar-refractivity contribution in [2.45, 2.75) is 0 Å². The summed E-state index contributed by atoms with van der Waals surface area (Å²) in [7, 11) is 0. The summed E-state index contributed by atoms with van der Waals surface area (Å²) in [6, 6.07) is 12.3. The van der Waals surface area contributed by atoms with Gasteiger partial charge in [-0.05, 0) is 22.9 Å². The zero-order valence-corrected chi connectivity index (χ0v) is 8.21. The average Bonchev–Trinajstić information content (AvgIpc) is 2.57. The van der Waals surface area contributed by atoms with E-state index in [1.807, 2.05) is 18.2 Å². The van der Waals surface area contributed by atoms with Crippen LogP contribution < -0.4 is 0 Å². The third-order valence-electron chi connectivity index (χ3n) is 2.42. The van der Waals surface area contributed by atoms with Gasteiger partial charge >= 0.3 is 0 Å². The van der Waals surface area contributed by atoms with Crippen LogP contribution in [0, 0.1) is 0 Å². The second-order valence-corrected chi connectivity index (χ2v) is 4.23. The number of aromatic hydroxyl groups is 1. The molecule has 0 unspecified atom stereocenters. The maximum absolute atomic E-state index is 9.58. The highest BCUT2D eigenvalue weighted by Crippen LogP contribution is 2.34. The Morgan fingerprint density at radius 3 is 2.50 bits per heavy atom. The van der Waals surface area contributed by atoms with Crippen molar-refractivity contribution < 1.29 is 5.11 Å². The van der Waals surface area contributed by atoms with Crippen molar-refractivity contribution in [1.82, 2.24) is 0 Å². The van der Waals surface area contributed by atoms with Crippen molar-refractivity contribution >= 4 is 32.2 Å². The smallest absolute Gasteiger partial charge is 0.134 e. The first-order valence-corrected chi connectivity index (χ1v) is 5.31. The minimum atomic E-state index is 0.385. The fourth-order valence-corrected chi connectivity index (χ4v) is 2.55. The van der Waals surface area contributed by atoms with Crippen LogP contribution in [0.1, 0.15) is 0 Å². The van der Waals surface area contributed by atoms with E-state index in [9.17, 15) is 5.11 Å². The van der Waals surface area contributed by atoms with Crippen LogP contribution in [-0.2, 0) is 0 Å². The van der Waals surface area contributed by atoms with Crippen molar-refractivity contribution in [3.05, 3.63) is 41.8 Å². The molecule has 1 N–H and O–H groups in total. The molecule has 0 aliphatic heterocycles. The van der Waals surface area contributed by atoms with Crippen LogP contribution in [0.25, 0.3) is 20.9 Å². The van der Waals surface area contributed by atoms with Crippen LogP contribution in [0.3, 0.4) is 0 Å². The Balaban J connectivity index is 2.54. The molecular formula is C12H8OS. The van der Waals surface area contributed by atoms with Gasteiger partial charge in [0.2, 0.25) is 0 Å². The molecule has 0 radical (unpaired) electrons. The largest absolute Gasteiger partial charge is 0.506 e. The minimum absolute atomic E-state index is 0.385. The van der Waals surface area contributed by atoms with Crippen LogP contribution >= 0.6 is 11.3 Å². The van der Waals surface area contributed by atoms with E-state index < -0.39 is 0 Å². The maximum Gasteiger partial charge on any atom is 0.134 e. The zero-order valence-electron chi connectivity index (χ0n) is 7.40. The van der Waals surface area contributed by atoms with Gasteiger partial charge in [0, 0.05) is 15.5 Å². The molecule has 1 aromatic heterocycles. The van der Waals surface area contributed by atoms with Gasteiger partial charge in [0.25, 0.3) is 0 Å². The van der Waals surface area contributed by atoms with Crippen LogP contribution in [-0.4, -0.2) is 5.11 Å². The topological polar surface area (TPSA) is 20.2 Å². The summed E-state index contributed by atoms with van der Waals surface area (Å²) < 4.78 is 1.14. The summed E-state index contributed by atoms with van der Waals surface area (Å²) in [6.45, 7) is 0. The molecule has 3 rings (SSSR count). The average molecular weight is 200 g/mol. The van der Waals surface area contributed by atoms with Gasteiger partial charge in [-0.25, -0.2) is 0 Å². The van der Waals surface area contributed by atoms with Crippen molar-refractivity contribution in [3.63, 3.8) is 0 Å². The van der Waals surface area contributed by atoms with E-state index in [4.69, 9.17) is 0 Å². The lowest BCUT2D eigenvalue weighted by molar-refractivity contribution is 0.484. The highest BCUT2D eigenvalue weighted by atomic mass is 32.1. The van der Waals surface area contributed by atoms with Crippen molar-refractivity contribution in [2.24, 2.45) is 0 Å². The molecule has 0 atom stereocenters. The fraction of sp³-hybridized carbons (Fsp3) is 0. The standard InChI is InChI=1S/C12H8OS/c13-11-7-14-12-6-9-4-2-1-3-8(9)5-10(11)12/h1-7,13H. The summed E-state index contributed by atoms with van der Waals surface area (Å²) >= 11 is 1.58. The predicted octanol–water partition coefficient (Wildman–Crippen LogP) is 3.76. The lowest BCUT2D eigenvalue weighted by Crippen LogP contribution is -1.70. The molecule has 14 heavy (non-hydrogen) atoms. The number of fused-ring (bicyclic) bond motifs is 2. The van der Waals surface area contributed by atoms with Gasteiger partial charge in [-0.1, -0.05) is 24.3 Å². The summed E-state index contributed by atoms with van der Waals surface area (Å²) in [5, 5.41) is 14.7. The van der Waals surface area contributed by atoms with Crippen molar-refractivity contribution in [3.8, 4) is 5.75 Å². The SMILES string of the molecule is Oc1csc2cc3ccccc3cc12. The van der Waals surface area contributed by atoms with E-state index in [0.717, 1.165) is 10.1 Å². The van der Waals surface area contributed by atoms with E-state index in [0.29, 0.717) is 5.75 Å². The summed E-state index contributed by atoms with van der Waals surface area (Å²) in [4.78, 5) is 0. The van der Waals surface area contributed by atoms with Gasteiger partial charge in [0.15, 0.2) is 0 Å². The Labute approximate surface area is 85.2 Å². The highest BCUT2D eigenvalue weighted by Gasteiger charge is 2.03. The summed E-state index contributed by atoms with van der Waals surface area (Å²) in [6.07, 6.45) is 0. The molecule has 0 aliphatic rings. The second-order valence-electron chi connectivity index (χ2n) is 3.32. The first-order chi connectivity index (χ1) is 6.84. The third-order valence-corrected chi connectivity index (χ3v) is 3.35. The molecule has 68 valence electrons. The minimum Gasteiger partial charge on any atom is -0.506 e. The van der Waals surface area contributed by atoms with E-state index in [1.54, 1.807) is 16.7 Å². The monoisotopic (exact) mass is 200 g/mol. The van der Waals surface area contributed by atoms with Gasteiger partial charge in [-0.15, -0.1) is 11.3 Å². The molecule has 3 aromatic rings. The highest BCUT2D eigenvalue weighted by molar-refractivity contribution is 7.17. The molecule has 0 bridgehead atoms. The Kier molecular flexibility index (Phi) is 1.52. The third kappa shape index (κ3) is 1.01. The van der Waals surface area contributed by atoms with Crippen LogP contribution in [0.4, 0.5) is 0 Å². The van der Waals surface area contributed by atoms with Gasteiger partial charge in [-0.2, -0.15) is 0 Å². The first-order valence-electron chi connectivity index (χ1n) is 4.43. The molecule has 1 nitrogen and oxygen atoms in total. The summed E-state index contributed by atoms with van der Waals surface area (Å²) in [5.41, 5.74) is 0. The quantitative estimate of drug-likeness (QED) is 0.585. The molecule has 0 fully saturated rings. The lowest BCUT2D eigenvalue weighted by atomic mass is 10.1. The second kappa shape index (κ2) is 2.72. The van der Waals surface area contributed by atoms with E-state index in [-0.39, 0.29) is 0 Å². The predicted molar refractivity (Wildman–Crippen MR) is 61.0 cm³/mol. The molecule has 0 saturated heterocycles. The maximum atomic E-state index is 9.58. The fourth-order valence-electron chi connectivity index (χ4n) is 1.70. The Morgan fingerprint density at radius 1 is 1.00 bits per heavy atom. The van der Waals surface area contributed by atoms with E-state index in [2.05, 4.69) is 18.2 Å². The summed E-state index contributed by atoms with van der Waals surface area (Å²) in [5.74, 6) is 0.385. The number of thiophene rings is 1. The Hall–Kier alpha value is -1.54. The van der Waals surface area contributed by atoms with E-state index >= 15 is 0 Å². The number of benzene rings is 2.